The van der Waals surface area contributed by atoms with Crippen molar-refractivity contribution in [3.05, 3.63) is 41.3 Å². The van der Waals surface area contributed by atoms with E-state index in [-0.39, 0.29) is 18.3 Å². The molecule has 1 amide bonds. The van der Waals surface area contributed by atoms with Gasteiger partial charge in [0.2, 0.25) is 0 Å². The van der Waals surface area contributed by atoms with Crippen molar-refractivity contribution in [1.82, 2.24) is 10.6 Å². The van der Waals surface area contributed by atoms with E-state index in [0.29, 0.717) is 29.8 Å². The third-order valence-corrected chi connectivity index (χ3v) is 5.10. The lowest BCUT2D eigenvalue weighted by atomic mass is 10.2. The van der Waals surface area contributed by atoms with E-state index >= 15 is 0 Å². The van der Waals surface area contributed by atoms with Crippen molar-refractivity contribution in [2.24, 2.45) is 0 Å². The van der Waals surface area contributed by atoms with Gasteiger partial charge in [0.1, 0.15) is 10.6 Å². The van der Waals surface area contributed by atoms with Gasteiger partial charge in [-0.15, -0.1) is 23.7 Å². The van der Waals surface area contributed by atoms with Crippen molar-refractivity contribution < 1.29 is 9.53 Å². The highest BCUT2D eigenvalue weighted by molar-refractivity contribution is 7.17. The molecule has 1 fully saturated rings. The van der Waals surface area contributed by atoms with Crippen LogP contribution in [-0.2, 0) is 0 Å². The molecule has 1 saturated heterocycles. The zero-order chi connectivity index (χ0) is 16.1. The number of amides is 1. The van der Waals surface area contributed by atoms with E-state index in [1.54, 1.807) is 0 Å². The first kappa shape index (κ1) is 18.8. The molecule has 0 aliphatic carbocycles. The molecule has 0 radical (unpaired) electrons. The van der Waals surface area contributed by atoms with Crippen LogP contribution in [0, 0.1) is 0 Å². The molecule has 2 heterocycles. The van der Waals surface area contributed by atoms with Crippen LogP contribution < -0.4 is 15.4 Å². The number of carbonyl (C=O) groups excluding carboxylic acids is 1. The SMILES string of the molecule is CCOc1cc(-c2ccccc2)sc1C(=O)NCC1CCCN1.Cl. The zero-order valence-corrected chi connectivity index (χ0v) is 15.3. The van der Waals surface area contributed by atoms with Crippen molar-refractivity contribution >= 4 is 29.7 Å². The van der Waals surface area contributed by atoms with Crippen molar-refractivity contribution in [2.45, 2.75) is 25.8 Å². The molecule has 3 rings (SSSR count). The lowest BCUT2D eigenvalue weighted by Crippen LogP contribution is -2.37. The summed E-state index contributed by atoms with van der Waals surface area (Å²) in [5, 5.41) is 6.43. The van der Waals surface area contributed by atoms with E-state index < -0.39 is 0 Å². The summed E-state index contributed by atoms with van der Waals surface area (Å²) in [7, 11) is 0. The van der Waals surface area contributed by atoms with Crippen LogP contribution in [0.25, 0.3) is 10.4 Å². The second-order valence-electron chi connectivity index (χ2n) is 5.61. The summed E-state index contributed by atoms with van der Waals surface area (Å²) < 4.78 is 5.67. The first-order chi connectivity index (χ1) is 11.3. The highest BCUT2D eigenvalue weighted by Gasteiger charge is 2.20. The Morgan fingerprint density at radius 2 is 2.17 bits per heavy atom. The first-order valence-corrected chi connectivity index (χ1v) is 8.93. The molecule has 1 atom stereocenters. The van der Waals surface area contributed by atoms with Crippen LogP contribution in [0.15, 0.2) is 36.4 Å². The van der Waals surface area contributed by atoms with Crippen molar-refractivity contribution in [1.29, 1.82) is 0 Å². The molecule has 130 valence electrons. The van der Waals surface area contributed by atoms with Crippen LogP contribution >= 0.6 is 23.7 Å². The van der Waals surface area contributed by atoms with E-state index in [4.69, 9.17) is 4.74 Å². The summed E-state index contributed by atoms with van der Waals surface area (Å²) in [4.78, 5) is 14.2. The van der Waals surface area contributed by atoms with Crippen LogP contribution in [-0.4, -0.2) is 31.6 Å². The van der Waals surface area contributed by atoms with Crippen molar-refractivity contribution in [3.8, 4) is 16.2 Å². The third-order valence-electron chi connectivity index (χ3n) is 3.93. The highest BCUT2D eigenvalue weighted by atomic mass is 35.5. The second kappa shape index (κ2) is 9.06. The van der Waals surface area contributed by atoms with E-state index in [9.17, 15) is 4.79 Å². The number of ether oxygens (including phenoxy) is 1. The number of thiophene rings is 1. The van der Waals surface area contributed by atoms with Crippen molar-refractivity contribution in [2.75, 3.05) is 19.7 Å². The van der Waals surface area contributed by atoms with Gasteiger partial charge in [0.15, 0.2) is 0 Å². The Morgan fingerprint density at radius 3 is 2.83 bits per heavy atom. The summed E-state index contributed by atoms with van der Waals surface area (Å²) in [6.07, 6.45) is 2.31. The summed E-state index contributed by atoms with van der Waals surface area (Å²) in [5.74, 6) is 0.627. The topological polar surface area (TPSA) is 50.4 Å². The molecule has 1 aliphatic heterocycles. The van der Waals surface area contributed by atoms with E-state index in [2.05, 4.69) is 10.6 Å². The normalized spacial score (nSPS) is 16.5. The molecular formula is C18H23ClN2O2S. The average Bonchev–Trinajstić information content (AvgIpc) is 3.23. The molecule has 2 N–H and O–H groups in total. The standard InChI is InChI=1S/C18H22N2O2S.ClH/c1-2-22-15-11-16(13-7-4-3-5-8-13)23-17(15)18(21)20-12-14-9-6-10-19-14;/h3-5,7-8,11,14,19H,2,6,9-10,12H2,1H3,(H,20,21);1H. The first-order valence-electron chi connectivity index (χ1n) is 8.11. The molecular weight excluding hydrogens is 344 g/mol. The second-order valence-corrected chi connectivity index (χ2v) is 6.66. The molecule has 0 spiro atoms. The summed E-state index contributed by atoms with van der Waals surface area (Å²) in [6.45, 7) is 4.20. The Labute approximate surface area is 153 Å². The van der Waals surface area contributed by atoms with Gasteiger partial charge in [-0.2, -0.15) is 0 Å². The fourth-order valence-electron chi connectivity index (χ4n) is 2.77. The molecule has 1 unspecified atom stereocenters. The Kier molecular flexibility index (Phi) is 7.09. The number of nitrogens with one attached hydrogen (secondary N) is 2. The number of benzene rings is 1. The lowest BCUT2D eigenvalue weighted by molar-refractivity contribution is 0.0951. The molecule has 0 bridgehead atoms. The fourth-order valence-corrected chi connectivity index (χ4v) is 3.79. The van der Waals surface area contributed by atoms with Crippen LogP contribution in [0.1, 0.15) is 29.4 Å². The number of hydrogen-bond donors (Lipinski definition) is 2. The Morgan fingerprint density at radius 1 is 1.38 bits per heavy atom. The molecule has 24 heavy (non-hydrogen) atoms. The lowest BCUT2D eigenvalue weighted by Gasteiger charge is -2.11. The number of hydrogen-bond acceptors (Lipinski definition) is 4. The van der Waals surface area contributed by atoms with E-state index in [0.717, 1.165) is 23.4 Å². The predicted molar refractivity (Wildman–Crippen MR) is 102 cm³/mol. The van der Waals surface area contributed by atoms with Gasteiger partial charge < -0.3 is 15.4 Å². The minimum absolute atomic E-state index is 0. The Balaban J connectivity index is 0.00000208. The van der Waals surface area contributed by atoms with Gasteiger partial charge in [0.25, 0.3) is 5.91 Å². The Hall–Kier alpha value is -1.56. The molecule has 4 nitrogen and oxygen atoms in total. The molecule has 1 aliphatic rings. The minimum atomic E-state index is -0.0469. The van der Waals surface area contributed by atoms with Crippen LogP contribution in [0.3, 0.4) is 0 Å². The number of rotatable bonds is 6. The smallest absolute Gasteiger partial charge is 0.265 e. The quantitative estimate of drug-likeness (QED) is 0.819. The zero-order valence-electron chi connectivity index (χ0n) is 13.7. The summed E-state index contributed by atoms with van der Waals surface area (Å²) in [5.41, 5.74) is 1.11. The average molecular weight is 367 g/mol. The maximum absolute atomic E-state index is 12.5. The van der Waals surface area contributed by atoms with E-state index in [1.807, 2.05) is 43.3 Å². The maximum Gasteiger partial charge on any atom is 0.265 e. The maximum atomic E-state index is 12.5. The van der Waals surface area contributed by atoms with Crippen LogP contribution in [0.5, 0.6) is 5.75 Å². The van der Waals surface area contributed by atoms with Crippen molar-refractivity contribution in [3.63, 3.8) is 0 Å². The van der Waals surface area contributed by atoms with Gasteiger partial charge >= 0.3 is 0 Å². The molecule has 1 aromatic heterocycles. The van der Waals surface area contributed by atoms with E-state index in [1.165, 1.54) is 17.8 Å². The van der Waals surface area contributed by atoms with Crippen LogP contribution in [0.2, 0.25) is 0 Å². The molecule has 0 saturated carbocycles. The van der Waals surface area contributed by atoms with Gasteiger partial charge in [-0.3, -0.25) is 4.79 Å². The minimum Gasteiger partial charge on any atom is -0.492 e. The predicted octanol–water partition coefficient (Wildman–Crippen LogP) is 3.72. The van der Waals surface area contributed by atoms with Gasteiger partial charge in [0, 0.05) is 17.5 Å². The molecule has 6 heteroatoms. The molecule has 1 aromatic carbocycles. The highest BCUT2D eigenvalue weighted by Crippen LogP contribution is 2.36. The third kappa shape index (κ3) is 4.50. The largest absolute Gasteiger partial charge is 0.492 e. The monoisotopic (exact) mass is 366 g/mol. The number of halogens is 1. The Bertz CT molecular complexity index is 654. The van der Waals surface area contributed by atoms with Gasteiger partial charge in [-0.1, -0.05) is 30.3 Å². The van der Waals surface area contributed by atoms with Gasteiger partial charge in [0.05, 0.1) is 6.61 Å². The summed E-state index contributed by atoms with van der Waals surface area (Å²) >= 11 is 1.49. The molecule has 2 aromatic rings. The van der Waals surface area contributed by atoms with Gasteiger partial charge in [-0.25, -0.2) is 0 Å². The summed E-state index contributed by atoms with van der Waals surface area (Å²) in [6, 6.07) is 12.4. The number of carbonyl (C=O) groups is 1. The van der Waals surface area contributed by atoms with Crippen LogP contribution in [0.4, 0.5) is 0 Å². The van der Waals surface area contributed by atoms with Gasteiger partial charge in [-0.05, 0) is 37.9 Å². The fraction of sp³-hybridized carbons (Fsp3) is 0.389.